The van der Waals surface area contributed by atoms with Crippen LogP contribution in [0.15, 0.2) is 15.9 Å². The molecule has 0 amide bonds. The van der Waals surface area contributed by atoms with E-state index in [1.165, 1.54) is 4.88 Å². The highest BCUT2D eigenvalue weighted by molar-refractivity contribution is 9.10. The first-order chi connectivity index (χ1) is 9.90. The van der Waals surface area contributed by atoms with Crippen molar-refractivity contribution in [2.75, 3.05) is 6.54 Å². The monoisotopic (exact) mass is 383 g/mol. The molecule has 1 N–H and O–H groups in total. The summed E-state index contributed by atoms with van der Waals surface area (Å²) in [7, 11) is 0. The minimum Gasteiger partial charge on any atom is -0.314 e. The van der Waals surface area contributed by atoms with Gasteiger partial charge >= 0.3 is 6.18 Å². The van der Waals surface area contributed by atoms with Crippen LogP contribution in [0.2, 0.25) is 0 Å². The van der Waals surface area contributed by atoms with Gasteiger partial charge in [-0.2, -0.15) is 13.2 Å². The number of rotatable bonds is 5. The van der Waals surface area contributed by atoms with Crippen molar-refractivity contribution >= 4 is 27.3 Å². The molecule has 21 heavy (non-hydrogen) atoms. The van der Waals surface area contributed by atoms with Crippen LogP contribution in [0.5, 0.6) is 0 Å². The Bertz CT molecular complexity index is 446. The molecule has 0 bridgehead atoms. The second-order valence-electron chi connectivity index (χ2n) is 5.76. The fraction of sp³-hybridized carbons (Fsp3) is 0.733. The van der Waals surface area contributed by atoms with Gasteiger partial charge in [0.05, 0.1) is 5.92 Å². The van der Waals surface area contributed by atoms with Crippen molar-refractivity contribution in [1.29, 1.82) is 0 Å². The molecule has 3 atom stereocenters. The van der Waals surface area contributed by atoms with E-state index in [9.17, 15) is 13.2 Å². The summed E-state index contributed by atoms with van der Waals surface area (Å²) in [5.74, 6) is -1.00. The van der Waals surface area contributed by atoms with Crippen LogP contribution in [-0.2, 0) is 6.42 Å². The molecule has 1 aliphatic rings. The summed E-state index contributed by atoms with van der Waals surface area (Å²) in [6.45, 7) is 2.81. The van der Waals surface area contributed by atoms with Gasteiger partial charge in [0.2, 0.25) is 0 Å². The standard InChI is InChI=1S/C15H21BrF3NS/c1-2-20-14(8-13-7-12(16)9-21-13)10-4-3-5-11(6-10)15(17,18)19/h7,9-11,14,20H,2-6,8H2,1H3. The van der Waals surface area contributed by atoms with Gasteiger partial charge in [-0.25, -0.2) is 0 Å². The lowest BCUT2D eigenvalue weighted by Crippen LogP contribution is -2.42. The van der Waals surface area contributed by atoms with E-state index in [1.807, 2.05) is 12.3 Å². The molecule has 1 saturated carbocycles. The first-order valence-corrected chi connectivity index (χ1v) is 9.10. The Balaban J connectivity index is 2.03. The van der Waals surface area contributed by atoms with Crippen LogP contribution >= 0.6 is 27.3 Å². The van der Waals surface area contributed by atoms with Crippen molar-refractivity contribution in [3.8, 4) is 0 Å². The topological polar surface area (TPSA) is 12.0 Å². The number of hydrogen-bond acceptors (Lipinski definition) is 2. The average Bonchev–Trinajstić information content (AvgIpc) is 2.83. The van der Waals surface area contributed by atoms with E-state index in [0.29, 0.717) is 12.8 Å². The molecule has 6 heteroatoms. The Morgan fingerprint density at radius 1 is 1.43 bits per heavy atom. The lowest BCUT2D eigenvalue weighted by atomic mass is 9.76. The molecule has 0 aliphatic heterocycles. The van der Waals surface area contributed by atoms with E-state index in [0.717, 1.165) is 23.9 Å². The maximum absolute atomic E-state index is 13.0. The third-order valence-corrected chi connectivity index (χ3v) is 5.98. The summed E-state index contributed by atoms with van der Waals surface area (Å²) >= 11 is 5.10. The van der Waals surface area contributed by atoms with Crippen molar-refractivity contribution < 1.29 is 13.2 Å². The van der Waals surface area contributed by atoms with Gasteiger partial charge in [-0.1, -0.05) is 13.3 Å². The molecule has 0 spiro atoms. The summed E-state index contributed by atoms with van der Waals surface area (Å²) in [6.07, 6.45) is -1.07. The highest BCUT2D eigenvalue weighted by atomic mass is 79.9. The van der Waals surface area contributed by atoms with E-state index in [4.69, 9.17) is 0 Å². The van der Waals surface area contributed by atoms with Gasteiger partial charge in [0.25, 0.3) is 0 Å². The number of halogens is 4. The number of alkyl halides is 3. The molecule has 120 valence electrons. The third-order valence-electron chi connectivity index (χ3n) is 4.26. The quantitative estimate of drug-likeness (QED) is 0.717. The molecule has 1 nitrogen and oxygen atoms in total. The predicted octanol–water partition coefficient (Wildman–Crippen LogP) is 5.40. The van der Waals surface area contributed by atoms with Crippen LogP contribution < -0.4 is 5.32 Å². The van der Waals surface area contributed by atoms with Gasteiger partial charge in [0.15, 0.2) is 0 Å². The normalized spacial score (nSPS) is 25.0. The number of likely N-dealkylation sites (N-methyl/N-ethyl adjacent to an activating group) is 1. The van der Waals surface area contributed by atoms with Gasteiger partial charge in [-0.15, -0.1) is 11.3 Å². The zero-order valence-electron chi connectivity index (χ0n) is 12.0. The summed E-state index contributed by atoms with van der Waals surface area (Å²) in [4.78, 5) is 1.22. The van der Waals surface area contributed by atoms with Crippen LogP contribution in [0, 0.1) is 11.8 Å². The summed E-state index contributed by atoms with van der Waals surface area (Å²) in [6, 6.07) is 2.21. The van der Waals surface area contributed by atoms with Gasteiger partial charge in [-0.3, -0.25) is 0 Å². The second kappa shape index (κ2) is 7.47. The summed E-state index contributed by atoms with van der Waals surface area (Å²) < 4.78 is 40.0. The molecule has 1 heterocycles. The number of thiophene rings is 1. The molecule has 1 aromatic rings. The second-order valence-corrected chi connectivity index (χ2v) is 7.68. The molecule has 1 aliphatic carbocycles. The van der Waals surface area contributed by atoms with Gasteiger partial charge in [-0.05, 0) is 60.1 Å². The Labute approximate surface area is 136 Å². The molecule has 2 rings (SSSR count). The first kappa shape index (κ1) is 17.3. The van der Waals surface area contributed by atoms with E-state index in [1.54, 1.807) is 11.3 Å². The molecular formula is C15H21BrF3NS. The van der Waals surface area contributed by atoms with Crippen LogP contribution in [-0.4, -0.2) is 18.8 Å². The van der Waals surface area contributed by atoms with Crippen molar-refractivity contribution in [1.82, 2.24) is 5.32 Å². The predicted molar refractivity (Wildman–Crippen MR) is 84.7 cm³/mol. The molecule has 1 fully saturated rings. The van der Waals surface area contributed by atoms with Gasteiger partial charge in [0, 0.05) is 20.8 Å². The molecule has 0 saturated heterocycles. The SMILES string of the molecule is CCNC(Cc1cc(Br)cs1)C1CCCC(C(F)(F)F)C1. The van der Waals surface area contributed by atoms with Gasteiger partial charge < -0.3 is 5.32 Å². The maximum Gasteiger partial charge on any atom is 0.391 e. The largest absolute Gasteiger partial charge is 0.391 e. The highest BCUT2D eigenvalue weighted by Crippen LogP contribution is 2.41. The van der Waals surface area contributed by atoms with Crippen molar-refractivity contribution in [2.45, 2.75) is 51.2 Å². The first-order valence-electron chi connectivity index (χ1n) is 7.43. The van der Waals surface area contributed by atoms with Crippen molar-refractivity contribution in [2.24, 2.45) is 11.8 Å². The van der Waals surface area contributed by atoms with Crippen molar-refractivity contribution in [3.05, 3.63) is 20.8 Å². The van der Waals surface area contributed by atoms with E-state index in [-0.39, 0.29) is 18.4 Å². The fourth-order valence-corrected chi connectivity index (χ4v) is 4.75. The average molecular weight is 384 g/mol. The molecular weight excluding hydrogens is 363 g/mol. The third kappa shape index (κ3) is 4.96. The maximum atomic E-state index is 13.0. The Morgan fingerprint density at radius 3 is 2.76 bits per heavy atom. The fourth-order valence-electron chi connectivity index (χ4n) is 3.24. The van der Waals surface area contributed by atoms with Crippen LogP contribution in [0.3, 0.4) is 0 Å². The lowest BCUT2D eigenvalue weighted by Gasteiger charge is -2.35. The number of hydrogen-bond donors (Lipinski definition) is 1. The zero-order valence-corrected chi connectivity index (χ0v) is 14.5. The van der Waals surface area contributed by atoms with E-state index >= 15 is 0 Å². The van der Waals surface area contributed by atoms with E-state index < -0.39 is 12.1 Å². The minimum atomic E-state index is -4.04. The summed E-state index contributed by atoms with van der Waals surface area (Å²) in [5, 5.41) is 5.43. The Kier molecular flexibility index (Phi) is 6.15. The molecule has 3 unspecified atom stereocenters. The smallest absolute Gasteiger partial charge is 0.314 e. The van der Waals surface area contributed by atoms with E-state index in [2.05, 4.69) is 27.3 Å². The molecule has 0 aromatic carbocycles. The Morgan fingerprint density at radius 2 is 2.19 bits per heavy atom. The minimum absolute atomic E-state index is 0.117. The lowest BCUT2D eigenvalue weighted by molar-refractivity contribution is -0.186. The summed E-state index contributed by atoms with van der Waals surface area (Å²) in [5.41, 5.74) is 0. The van der Waals surface area contributed by atoms with Crippen LogP contribution in [0.25, 0.3) is 0 Å². The highest BCUT2D eigenvalue weighted by Gasteiger charge is 2.43. The zero-order chi connectivity index (χ0) is 15.5. The van der Waals surface area contributed by atoms with Crippen molar-refractivity contribution in [3.63, 3.8) is 0 Å². The Hall–Kier alpha value is -0.0700. The number of nitrogens with one attached hydrogen (secondary N) is 1. The van der Waals surface area contributed by atoms with Crippen LogP contribution in [0.1, 0.15) is 37.5 Å². The molecule has 1 aromatic heterocycles. The van der Waals surface area contributed by atoms with Gasteiger partial charge in [0.1, 0.15) is 0 Å². The molecule has 0 radical (unpaired) electrons. The van der Waals surface area contributed by atoms with Crippen LogP contribution in [0.4, 0.5) is 13.2 Å².